The number of para-hydroxylation sites is 1. The van der Waals surface area contributed by atoms with Gasteiger partial charge in [-0.1, -0.05) is 36.0 Å². The normalized spacial score (nSPS) is 10.1. The maximum Gasteiger partial charge on any atom is 0.250 e. The monoisotopic (exact) mass is 244 g/mol. The van der Waals surface area contributed by atoms with E-state index in [-0.39, 0.29) is 0 Å². The van der Waals surface area contributed by atoms with Gasteiger partial charge in [-0.2, -0.15) is 0 Å². The first kappa shape index (κ1) is 11.5. The van der Waals surface area contributed by atoms with Crippen molar-refractivity contribution >= 4 is 23.4 Å². The molecule has 2 rings (SSSR count). The van der Waals surface area contributed by atoms with E-state index in [1.54, 1.807) is 12.1 Å². The molecule has 0 aliphatic carbocycles. The molecule has 86 valence electrons. The predicted octanol–water partition coefficient (Wildman–Crippen LogP) is 2.52. The summed E-state index contributed by atoms with van der Waals surface area (Å²) in [5, 5.41) is 0. The molecule has 0 spiro atoms. The number of rotatable bonds is 3. The van der Waals surface area contributed by atoms with Gasteiger partial charge in [-0.05, 0) is 24.3 Å². The molecule has 0 bridgehead atoms. The summed E-state index contributed by atoms with van der Waals surface area (Å²) >= 11 is 1.51. The summed E-state index contributed by atoms with van der Waals surface area (Å²) in [6.45, 7) is 0. The van der Waals surface area contributed by atoms with Crippen molar-refractivity contribution in [1.29, 1.82) is 0 Å². The molecule has 0 saturated carbocycles. The maximum atomic E-state index is 11.2. The van der Waals surface area contributed by atoms with Gasteiger partial charge in [0.1, 0.15) is 0 Å². The molecule has 4 N–H and O–H groups in total. The van der Waals surface area contributed by atoms with Crippen LogP contribution in [0.2, 0.25) is 0 Å². The highest BCUT2D eigenvalue weighted by molar-refractivity contribution is 7.99. The highest BCUT2D eigenvalue weighted by atomic mass is 32.2. The number of hydrogen-bond donors (Lipinski definition) is 2. The van der Waals surface area contributed by atoms with Gasteiger partial charge in [-0.3, -0.25) is 4.79 Å². The Morgan fingerprint density at radius 3 is 2.35 bits per heavy atom. The molecule has 0 atom stereocenters. The Morgan fingerprint density at radius 2 is 1.71 bits per heavy atom. The van der Waals surface area contributed by atoms with E-state index in [2.05, 4.69) is 0 Å². The topological polar surface area (TPSA) is 69.1 Å². The Bertz CT molecular complexity index is 540. The smallest absolute Gasteiger partial charge is 0.250 e. The Kier molecular flexibility index (Phi) is 3.35. The van der Waals surface area contributed by atoms with Gasteiger partial charge in [-0.25, -0.2) is 0 Å². The number of anilines is 1. The van der Waals surface area contributed by atoms with Crippen molar-refractivity contribution in [3.8, 4) is 0 Å². The summed E-state index contributed by atoms with van der Waals surface area (Å²) in [7, 11) is 0. The van der Waals surface area contributed by atoms with E-state index >= 15 is 0 Å². The van der Waals surface area contributed by atoms with Crippen molar-refractivity contribution in [2.24, 2.45) is 5.73 Å². The van der Waals surface area contributed by atoms with Gasteiger partial charge < -0.3 is 11.5 Å². The van der Waals surface area contributed by atoms with Crippen molar-refractivity contribution in [3.05, 3.63) is 54.1 Å². The molecular formula is C13H12N2OS. The zero-order chi connectivity index (χ0) is 12.3. The van der Waals surface area contributed by atoms with Crippen molar-refractivity contribution in [3.63, 3.8) is 0 Å². The SMILES string of the molecule is NC(=O)c1cccc(Sc2ccccc2)c1N. The average Bonchev–Trinajstić information content (AvgIpc) is 2.33. The number of nitrogens with two attached hydrogens (primary N) is 2. The van der Waals surface area contributed by atoms with Gasteiger partial charge in [0.25, 0.3) is 5.91 Å². The van der Waals surface area contributed by atoms with Crippen LogP contribution >= 0.6 is 11.8 Å². The Morgan fingerprint density at radius 1 is 1.00 bits per heavy atom. The quantitative estimate of drug-likeness (QED) is 0.815. The summed E-state index contributed by atoms with van der Waals surface area (Å²) in [5.41, 5.74) is 12.0. The minimum Gasteiger partial charge on any atom is -0.397 e. The van der Waals surface area contributed by atoms with E-state index in [0.29, 0.717) is 11.3 Å². The summed E-state index contributed by atoms with van der Waals surface area (Å²) < 4.78 is 0. The first-order valence-corrected chi connectivity index (χ1v) is 5.91. The van der Waals surface area contributed by atoms with Crippen LogP contribution in [0.15, 0.2) is 58.3 Å². The standard InChI is InChI=1S/C13H12N2OS/c14-12-10(13(15)16)7-4-8-11(12)17-9-5-2-1-3-6-9/h1-8H,14H2,(H2,15,16). The number of benzene rings is 2. The van der Waals surface area contributed by atoms with Gasteiger partial charge >= 0.3 is 0 Å². The summed E-state index contributed by atoms with van der Waals surface area (Å²) in [5.74, 6) is -0.502. The molecule has 0 aliphatic rings. The zero-order valence-electron chi connectivity index (χ0n) is 9.09. The van der Waals surface area contributed by atoms with Gasteiger partial charge in [-0.15, -0.1) is 0 Å². The number of primary amides is 1. The van der Waals surface area contributed by atoms with E-state index in [9.17, 15) is 4.79 Å². The van der Waals surface area contributed by atoms with Gasteiger partial charge in [0, 0.05) is 9.79 Å². The Hall–Kier alpha value is -1.94. The summed E-state index contributed by atoms with van der Waals surface area (Å²) in [6, 6.07) is 15.1. The molecule has 3 nitrogen and oxygen atoms in total. The number of nitrogen functional groups attached to an aromatic ring is 1. The molecule has 0 unspecified atom stereocenters. The lowest BCUT2D eigenvalue weighted by Gasteiger charge is -2.08. The second-order valence-corrected chi connectivity index (χ2v) is 4.61. The van der Waals surface area contributed by atoms with Crippen LogP contribution in [0, 0.1) is 0 Å². The third kappa shape index (κ3) is 2.60. The second kappa shape index (κ2) is 4.93. The molecular weight excluding hydrogens is 232 g/mol. The van der Waals surface area contributed by atoms with Crippen LogP contribution in [0.1, 0.15) is 10.4 Å². The molecule has 17 heavy (non-hydrogen) atoms. The molecule has 0 aromatic heterocycles. The largest absolute Gasteiger partial charge is 0.397 e. The van der Waals surface area contributed by atoms with Crippen LogP contribution in [0.4, 0.5) is 5.69 Å². The van der Waals surface area contributed by atoms with Crippen molar-refractivity contribution < 1.29 is 4.79 Å². The number of carbonyl (C=O) groups is 1. The number of hydrogen-bond acceptors (Lipinski definition) is 3. The fourth-order valence-electron chi connectivity index (χ4n) is 1.46. The molecule has 0 saturated heterocycles. The predicted molar refractivity (Wildman–Crippen MR) is 69.9 cm³/mol. The molecule has 2 aromatic rings. The van der Waals surface area contributed by atoms with E-state index in [1.807, 2.05) is 36.4 Å². The molecule has 0 fully saturated rings. The minimum atomic E-state index is -0.502. The van der Waals surface area contributed by atoms with Crippen LogP contribution in [0.5, 0.6) is 0 Å². The van der Waals surface area contributed by atoms with E-state index in [4.69, 9.17) is 11.5 Å². The molecule has 1 amide bonds. The lowest BCUT2D eigenvalue weighted by molar-refractivity contribution is 0.100. The van der Waals surface area contributed by atoms with E-state index in [0.717, 1.165) is 9.79 Å². The Balaban J connectivity index is 2.34. The summed E-state index contributed by atoms with van der Waals surface area (Å²) in [4.78, 5) is 13.1. The van der Waals surface area contributed by atoms with Gasteiger partial charge in [0.05, 0.1) is 11.3 Å². The average molecular weight is 244 g/mol. The summed E-state index contributed by atoms with van der Waals surface area (Å²) in [6.07, 6.45) is 0. The van der Waals surface area contributed by atoms with Crippen LogP contribution in [0.25, 0.3) is 0 Å². The molecule has 4 heteroatoms. The lowest BCUT2D eigenvalue weighted by atomic mass is 10.2. The molecule has 0 aliphatic heterocycles. The first-order valence-electron chi connectivity index (χ1n) is 5.09. The van der Waals surface area contributed by atoms with Crippen LogP contribution in [-0.2, 0) is 0 Å². The van der Waals surface area contributed by atoms with Gasteiger partial charge in [0.2, 0.25) is 0 Å². The van der Waals surface area contributed by atoms with Crippen molar-refractivity contribution in [1.82, 2.24) is 0 Å². The highest BCUT2D eigenvalue weighted by Gasteiger charge is 2.09. The second-order valence-electron chi connectivity index (χ2n) is 3.50. The van der Waals surface area contributed by atoms with Crippen molar-refractivity contribution in [2.45, 2.75) is 9.79 Å². The van der Waals surface area contributed by atoms with Gasteiger partial charge in [0.15, 0.2) is 0 Å². The fourth-order valence-corrected chi connectivity index (χ4v) is 2.38. The third-order valence-corrected chi connectivity index (χ3v) is 3.39. The Labute approximate surface area is 104 Å². The van der Waals surface area contributed by atoms with Crippen LogP contribution < -0.4 is 11.5 Å². The zero-order valence-corrected chi connectivity index (χ0v) is 9.91. The number of amides is 1. The highest BCUT2D eigenvalue weighted by Crippen LogP contribution is 2.33. The molecule has 0 heterocycles. The third-order valence-electron chi connectivity index (χ3n) is 2.30. The lowest BCUT2D eigenvalue weighted by Crippen LogP contribution is -2.13. The number of carbonyl (C=O) groups excluding carboxylic acids is 1. The van der Waals surface area contributed by atoms with E-state index < -0.39 is 5.91 Å². The minimum absolute atomic E-state index is 0.367. The first-order chi connectivity index (χ1) is 8.18. The van der Waals surface area contributed by atoms with E-state index in [1.165, 1.54) is 11.8 Å². The molecule has 2 aromatic carbocycles. The van der Waals surface area contributed by atoms with Crippen LogP contribution in [-0.4, -0.2) is 5.91 Å². The maximum absolute atomic E-state index is 11.2. The molecule has 0 radical (unpaired) electrons. The fraction of sp³-hybridized carbons (Fsp3) is 0. The van der Waals surface area contributed by atoms with Crippen LogP contribution in [0.3, 0.4) is 0 Å². The van der Waals surface area contributed by atoms with Crippen molar-refractivity contribution in [2.75, 3.05) is 5.73 Å².